The Hall–Kier alpha value is -1.68. The summed E-state index contributed by atoms with van der Waals surface area (Å²) in [6.45, 7) is 0. The van der Waals surface area contributed by atoms with Crippen molar-refractivity contribution in [3.05, 3.63) is 59.7 Å². The first kappa shape index (κ1) is 20.6. The maximum absolute atomic E-state index is 12.5. The average molecular weight is 414 g/mol. The fraction of sp³-hybridized carbons (Fsp3) is 0.250. The maximum Gasteiger partial charge on any atom is 0.475 e. The first-order chi connectivity index (χ1) is 12.0. The van der Waals surface area contributed by atoms with Gasteiger partial charge >= 0.3 is 11.0 Å². The molecule has 2 rings (SSSR count). The molecule has 0 radical (unpaired) electrons. The van der Waals surface area contributed by atoms with E-state index >= 15 is 0 Å². The molecule has 0 aliphatic carbocycles. The molecule has 0 N–H and O–H groups in total. The second-order valence-electron chi connectivity index (χ2n) is 5.22. The number of hydrogen-bond acceptors (Lipinski definition) is 2. The lowest BCUT2D eigenvalue weighted by Gasteiger charge is -2.09. The Morgan fingerprint density at radius 1 is 0.654 bits per heavy atom. The van der Waals surface area contributed by atoms with Gasteiger partial charge in [0.15, 0.2) is 21.6 Å². The minimum atomic E-state index is -4.84. The average Bonchev–Trinajstić information content (AvgIpc) is 2.58. The van der Waals surface area contributed by atoms with Crippen LogP contribution in [0, 0.1) is 0 Å². The second kappa shape index (κ2) is 7.91. The normalized spacial score (nSPS) is 14.8. The predicted molar refractivity (Wildman–Crippen MR) is 85.2 cm³/mol. The molecule has 26 heavy (non-hydrogen) atoms. The van der Waals surface area contributed by atoms with E-state index in [1.54, 1.807) is 6.07 Å². The van der Waals surface area contributed by atoms with Crippen LogP contribution in [-0.4, -0.2) is 19.4 Å². The Bertz CT molecular complexity index is 813. The van der Waals surface area contributed by atoms with E-state index < -0.39 is 32.6 Å². The molecule has 0 aliphatic heterocycles. The Balaban J connectivity index is 2.06. The molecule has 0 amide bonds. The number of aryl methyl sites for hydroxylation is 2. The summed E-state index contributed by atoms with van der Waals surface area (Å²) < 4.78 is 97.2. The maximum atomic E-state index is 12.5. The monoisotopic (exact) mass is 414 g/mol. The van der Waals surface area contributed by atoms with Crippen LogP contribution in [0.3, 0.4) is 0 Å². The van der Waals surface area contributed by atoms with Crippen LogP contribution in [0.25, 0.3) is 0 Å². The highest BCUT2D eigenvalue weighted by atomic mass is 32.2. The van der Waals surface area contributed by atoms with Crippen LogP contribution < -0.4 is 0 Å². The summed E-state index contributed by atoms with van der Waals surface area (Å²) in [6.07, 6.45) is 0.658. The fourth-order valence-corrected chi connectivity index (χ4v) is 3.53. The molecular weight excluding hydrogens is 402 g/mol. The minimum absolute atomic E-state index is 0.310. The van der Waals surface area contributed by atoms with Crippen molar-refractivity contribution in [2.75, 3.05) is 0 Å². The number of rotatable bonds is 5. The van der Waals surface area contributed by atoms with Gasteiger partial charge in [-0.25, -0.2) is 8.42 Å². The lowest BCUT2D eigenvalue weighted by atomic mass is 10.0. The lowest BCUT2D eigenvalue weighted by Crippen LogP contribution is -2.16. The molecule has 0 heterocycles. The van der Waals surface area contributed by atoms with Crippen LogP contribution in [0.2, 0.25) is 0 Å². The first-order valence-electron chi connectivity index (χ1n) is 7.13. The highest BCUT2D eigenvalue weighted by Crippen LogP contribution is 2.28. The number of hydrogen-bond donors (Lipinski definition) is 0. The zero-order chi connectivity index (χ0) is 19.5. The summed E-state index contributed by atoms with van der Waals surface area (Å²) >= 11 is 0. The summed E-state index contributed by atoms with van der Waals surface area (Å²) in [5.41, 5.74) is -8.53. The molecule has 2 unspecified atom stereocenters. The predicted octanol–water partition coefficient (Wildman–Crippen LogP) is 4.73. The van der Waals surface area contributed by atoms with Crippen LogP contribution in [0.5, 0.6) is 0 Å². The highest BCUT2D eigenvalue weighted by Gasteiger charge is 2.38. The summed E-state index contributed by atoms with van der Waals surface area (Å²) in [5.74, 6) is 0. The van der Waals surface area contributed by atoms with Gasteiger partial charge in [-0.3, -0.25) is 0 Å². The van der Waals surface area contributed by atoms with Crippen LogP contribution >= 0.6 is 0 Å². The zero-order valence-electron chi connectivity index (χ0n) is 12.9. The molecule has 2 nitrogen and oxygen atoms in total. The molecular formula is C16H12F6O2S2. The fourth-order valence-electron chi connectivity index (χ4n) is 2.15. The van der Waals surface area contributed by atoms with E-state index in [-0.39, 0.29) is 9.79 Å². The van der Waals surface area contributed by atoms with E-state index in [9.17, 15) is 34.8 Å². The van der Waals surface area contributed by atoms with Gasteiger partial charge in [0.25, 0.3) is 0 Å². The highest BCUT2D eigenvalue weighted by molar-refractivity contribution is 7.86. The molecule has 0 bridgehead atoms. The lowest BCUT2D eigenvalue weighted by molar-refractivity contribution is -0.0392. The van der Waals surface area contributed by atoms with Gasteiger partial charge in [-0.15, -0.1) is 0 Å². The molecule has 2 aromatic carbocycles. The topological polar surface area (TPSA) is 34.1 Å². The minimum Gasteiger partial charge on any atom is -0.245 e. The van der Waals surface area contributed by atoms with E-state index in [1.165, 1.54) is 24.3 Å². The Labute approximate surface area is 150 Å². The standard InChI is InChI=1S/C16H12F6O2S2/c17-15(18,19)25(23)13-8-6-11(7-9-13)4-5-12-2-1-3-14(10-12)26(24)16(20,21)22/h1-3,6-10H,4-5H2. The Morgan fingerprint density at radius 3 is 1.69 bits per heavy atom. The molecule has 0 saturated heterocycles. The van der Waals surface area contributed by atoms with Crippen molar-refractivity contribution in [1.29, 1.82) is 0 Å². The third-order valence-corrected chi connectivity index (χ3v) is 5.60. The Kier molecular flexibility index (Phi) is 6.28. The van der Waals surface area contributed by atoms with Gasteiger partial charge in [0.1, 0.15) is 0 Å². The quantitative estimate of drug-likeness (QED) is 0.663. The Morgan fingerprint density at radius 2 is 1.15 bits per heavy atom. The number of benzene rings is 2. The van der Waals surface area contributed by atoms with Crippen LogP contribution in [0.1, 0.15) is 11.1 Å². The van der Waals surface area contributed by atoms with Gasteiger partial charge < -0.3 is 0 Å². The SMILES string of the molecule is O=S(c1ccc(CCc2cccc(S(=O)C(F)(F)F)c2)cc1)C(F)(F)F. The zero-order valence-corrected chi connectivity index (χ0v) is 14.6. The van der Waals surface area contributed by atoms with Gasteiger partial charge in [0, 0.05) is 9.79 Å². The summed E-state index contributed by atoms with van der Waals surface area (Å²) in [4.78, 5) is -0.727. The number of halogens is 6. The van der Waals surface area contributed by atoms with E-state index in [1.807, 2.05) is 0 Å². The van der Waals surface area contributed by atoms with Crippen LogP contribution in [0.4, 0.5) is 26.3 Å². The van der Waals surface area contributed by atoms with Crippen molar-refractivity contribution >= 4 is 21.6 Å². The van der Waals surface area contributed by atoms with Crippen molar-refractivity contribution in [2.45, 2.75) is 33.6 Å². The van der Waals surface area contributed by atoms with Crippen molar-refractivity contribution in [3.8, 4) is 0 Å². The summed E-state index contributed by atoms with van der Waals surface area (Å²) in [7, 11) is -6.22. The largest absolute Gasteiger partial charge is 0.475 e. The van der Waals surface area contributed by atoms with Crippen molar-refractivity contribution in [2.24, 2.45) is 0 Å². The third-order valence-electron chi connectivity index (χ3n) is 3.37. The van der Waals surface area contributed by atoms with E-state index in [0.717, 1.165) is 18.2 Å². The van der Waals surface area contributed by atoms with Crippen molar-refractivity contribution in [1.82, 2.24) is 0 Å². The van der Waals surface area contributed by atoms with Gasteiger partial charge in [-0.2, -0.15) is 26.3 Å². The van der Waals surface area contributed by atoms with Crippen molar-refractivity contribution in [3.63, 3.8) is 0 Å². The van der Waals surface area contributed by atoms with Gasteiger partial charge in [0.2, 0.25) is 0 Å². The molecule has 0 aliphatic rings. The van der Waals surface area contributed by atoms with E-state index in [2.05, 4.69) is 0 Å². The molecule has 2 atom stereocenters. The summed E-state index contributed by atoms with van der Waals surface area (Å²) in [6, 6.07) is 10.2. The summed E-state index contributed by atoms with van der Waals surface area (Å²) in [5, 5.41) is 0. The van der Waals surface area contributed by atoms with Crippen molar-refractivity contribution < 1.29 is 34.8 Å². The smallest absolute Gasteiger partial charge is 0.245 e. The molecule has 10 heteroatoms. The molecule has 0 fully saturated rings. The molecule has 2 aromatic rings. The molecule has 0 spiro atoms. The molecule has 0 saturated carbocycles. The van der Waals surface area contributed by atoms with Gasteiger partial charge in [-0.1, -0.05) is 24.3 Å². The first-order valence-corrected chi connectivity index (χ1v) is 9.43. The van der Waals surface area contributed by atoms with Crippen LogP contribution in [-0.2, 0) is 34.4 Å². The third kappa shape index (κ3) is 5.41. The second-order valence-corrected chi connectivity index (χ2v) is 8.16. The van der Waals surface area contributed by atoms with E-state index in [4.69, 9.17) is 0 Å². The van der Waals surface area contributed by atoms with E-state index in [0.29, 0.717) is 24.0 Å². The van der Waals surface area contributed by atoms with Crippen LogP contribution in [0.15, 0.2) is 58.3 Å². The van der Waals surface area contributed by atoms with Gasteiger partial charge in [0.05, 0.1) is 0 Å². The molecule has 142 valence electrons. The number of alkyl halides is 6. The molecule has 0 aromatic heterocycles. The van der Waals surface area contributed by atoms with Gasteiger partial charge in [-0.05, 0) is 48.2 Å².